The molecule has 0 amide bonds. The lowest BCUT2D eigenvalue weighted by molar-refractivity contribution is 0.249. The summed E-state index contributed by atoms with van der Waals surface area (Å²) in [6.07, 6.45) is 5.22. The van der Waals surface area contributed by atoms with Crippen LogP contribution >= 0.6 is 15.9 Å². The third-order valence-corrected chi connectivity index (χ3v) is 7.90. The molecule has 6 heteroatoms. The minimum absolute atomic E-state index is 0.538. The van der Waals surface area contributed by atoms with E-state index in [1.165, 1.54) is 0 Å². The fraction of sp³-hybridized carbons (Fsp3) is 0.382. The molecule has 0 aliphatic carbocycles. The van der Waals surface area contributed by atoms with E-state index in [0.717, 1.165) is 89.8 Å². The summed E-state index contributed by atoms with van der Waals surface area (Å²) < 4.78 is 15.3. The highest BCUT2D eigenvalue weighted by Gasteiger charge is 2.14. The van der Waals surface area contributed by atoms with Crippen LogP contribution in [0, 0.1) is 5.92 Å². The summed E-state index contributed by atoms with van der Waals surface area (Å²) in [4.78, 5) is 7.50. The van der Waals surface area contributed by atoms with E-state index in [9.17, 15) is 0 Å². The minimum Gasteiger partial charge on any atom is -0.494 e. The first kappa shape index (κ1) is 29.9. The highest BCUT2D eigenvalue weighted by molar-refractivity contribution is 9.10. The van der Waals surface area contributed by atoms with Gasteiger partial charge in [-0.1, -0.05) is 62.2 Å². The van der Waals surface area contributed by atoms with Gasteiger partial charge < -0.3 is 18.9 Å². The average molecular weight is 605 g/mol. The van der Waals surface area contributed by atoms with Crippen LogP contribution < -0.4 is 9.47 Å². The lowest BCUT2D eigenvalue weighted by atomic mass is 10.0. The molecular formula is C34H42BrN3O2. The van der Waals surface area contributed by atoms with Gasteiger partial charge in [0.25, 0.3) is 0 Å². The van der Waals surface area contributed by atoms with Crippen molar-refractivity contribution in [2.45, 2.75) is 53.6 Å². The van der Waals surface area contributed by atoms with E-state index in [0.29, 0.717) is 12.5 Å². The lowest BCUT2D eigenvalue weighted by Crippen LogP contribution is -2.25. The van der Waals surface area contributed by atoms with E-state index in [4.69, 9.17) is 14.5 Å². The van der Waals surface area contributed by atoms with E-state index in [1.807, 2.05) is 24.3 Å². The first-order valence-electron chi connectivity index (χ1n) is 14.5. The average Bonchev–Trinajstić information content (AvgIpc) is 3.41. The molecule has 1 heterocycles. The maximum Gasteiger partial charge on any atom is 0.119 e. The minimum atomic E-state index is 0.538. The Bertz CT molecular complexity index is 1300. The van der Waals surface area contributed by atoms with E-state index in [-0.39, 0.29) is 0 Å². The predicted octanol–water partition coefficient (Wildman–Crippen LogP) is 8.58. The van der Waals surface area contributed by atoms with Crippen molar-refractivity contribution in [1.29, 1.82) is 0 Å². The van der Waals surface area contributed by atoms with Crippen molar-refractivity contribution in [3.05, 3.63) is 94.9 Å². The van der Waals surface area contributed by atoms with Gasteiger partial charge in [-0.3, -0.25) is 0 Å². The Morgan fingerprint density at radius 2 is 1.50 bits per heavy atom. The molecule has 4 aromatic rings. The molecule has 0 radical (unpaired) electrons. The van der Waals surface area contributed by atoms with Crippen molar-refractivity contribution in [3.63, 3.8) is 0 Å². The number of hydrogen-bond donors (Lipinski definition) is 0. The summed E-state index contributed by atoms with van der Waals surface area (Å²) >= 11 is 3.48. The van der Waals surface area contributed by atoms with E-state index in [1.54, 1.807) is 0 Å². The molecule has 0 saturated carbocycles. The fourth-order valence-corrected chi connectivity index (χ4v) is 4.84. The van der Waals surface area contributed by atoms with Crippen LogP contribution in [0.5, 0.6) is 11.5 Å². The lowest BCUT2D eigenvalue weighted by Gasteiger charge is -2.17. The van der Waals surface area contributed by atoms with E-state index < -0.39 is 0 Å². The Morgan fingerprint density at radius 3 is 2.15 bits per heavy atom. The van der Waals surface area contributed by atoms with Gasteiger partial charge in [-0.2, -0.15) is 0 Å². The largest absolute Gasteiger partial charge is 0.494 e. The fourth-order valence-electron chi connectivity index (χ4n) is 4.57. The molecule has 0 fully saturated rings. The number of nitrogens with zero attached hydrogens (tertiary/aromatic N) is 3. The maximum absolute atomic E-state index is 6.02. The number of ether oxygens (including phenoxy) is 2. The molecule has 0 N–H and O–H groups in total. The van der Waals surface area contributed by atoms with Crippen LogP contribution in [0.15, 0.2) is 83.5 Å². The van der Waals surface area contributed by atoms with Crippen LogP contribution in [0.3, 0.4) is 0 Å². The van der Waals surface area contributed by atoms with Crippen LogP contribution in [0.1, 0.15) is 51.9 Å². The van der Waals surface area contributed by atoms with Gasteiger partial charge in [-0.05, 0) is 91.7 Å². The normalized spacial score (nSPS) is 12.1. The molecule has 40 heavy (non-hydrogen) atoms. The first-order valence-corrected chi connectivity index (χ1v) is 15.3. The smallest absolute Gasteiger partial charge is 0.119 e. The van der Waals surface area contributed by atoms with Crippen LogP contribution in [0.4, 0.5) is 0 Å². The van der Waals surface area contributed by atoms with Crippen LogP contribution in [0.25, 0.3) is 16.9 Å². The number of benzene rings is 3. The molecule has 212 valence electrons. The zero-order chi connectivity index (χ0) is 28.3. The highest BCUT2D eigenvalue weighted by Crippen LogP contribution is 2.27. The standard InChI is InChI=1S/C34H42BrN3O2/c1-5-26(4)23-34-36-33(28-11-17-32(18-12-28)40-25-27-9-13-29(35)14-10-27)24-38(34)30-15-19-31(20-16-30)39-22-8-21-37(6-2)7-3/h9-20,24,26H,5-8,21-23,25H2,1-4H3. The Kier molecular flexibility index (Phi) is 11.2. The molecule has 0 bridgehead atoms. The topological polar surface area (TPSA) is 39.5 Å². The van der Waals surface area contributed by atoms with Crippen molar-refractivity contribution in [3.8, 4) is 28.4 Å². The van der Waals surface area contributed by atoms with Gasteiger partial charge >= 0.3 is 0 Å². The molecule has 4 rings (SSSR count). The van der Waals surface area contributed by atoms with Gasteiger partial charge in [0.05, 0.1) is 12.3 Å². The molecule has 0 aliphatic heterocycles. The predicted molar refractivity (Wildman–Crippen MR) is 169 cm³/mol. The summed E-state index contributed by atoms with van der Waals surface area (Å²) in [5, 5.41) is 0. The third kappa shape index (κ3) is 8.45. The number of rotatable bonds is 15. The molecule has 5 nitrogen and oxygen atoms in total. The first-order chi connectivity index (χ1) is 19.5. The second-order valence-corrected chi connectivity index (χ2v) is 11.2. The molecule has 0 spiro atoms. The number of halogens is 1. The zero-order valence-electron chi connectivity index (χ0n) is 24.3. The van der Waals surface area contributed by atoms with Gasteiger partial charge in [-0.15, -0.1) is 0 Å². The van der Waals surface area contributed by atoms with Gasteiger partial charge in [0, 0.05) is 34.9 Å². The molecular weight excluding hydrogens is 562 g/mol. The second kappa shape index (κ2) is 15.1. The summed E-state index contributed by atoms with van der Waals surface area (Å²) in [5.41, 5.74) is 4.28. The van der Waals surface area contributed by atoms with Crippen molar-refractivity contribution >= 4 is 15.9 Å². The van der Waals surface area contributed by atoms with Gasteiger partial charge in [0.15, 0.2) is 0 Å². The van der Waals surface area contributed by atoms with Gasteiger partial charge in [-0.25, -0.2) is 4.98 Å². The molecule has 0 saturated heterocycles. The van der Waals surface area contributed by atoms with E-state index in [2.05, 4.69) is 108 Å². The quantitative estimate of drug-likeness (QED) is 0.128. The number of hydrogen-bond acceptors (Lipinski definition) is 4. The number of imidazole rings is 1. The second-order valence-electron chi connectivity index (χ2n) is 10.3. The van der Waals surface area contributed by atoms with Crippen LogP contribution in [-0.2, 0) is 13.0 Å². The van der Waals surface area contributed by atoms with Crippen LogP contribution in [-0.4, -0.2) is 40.7 Å². The summed E-state index contributed by atoms with van der Waals surface area (Å²) in [7, 11) is 0. The Hall–Kier alpha value is -3.09. The summed E-state index contributed by atoms with van der Waals surface area (Å²) in [5.74, 6) is 3.38. The summed E-state index contributed by atoms with van der Waals surface area (Å²) in [6.45, 7) is 13.4. The van der Waals surface area contributed by atoms with Crippen molar-refractivity contribution in [2.75, 3.05) is 26.2 Å². The van der Waals surface area contributed by atoms with E-state index >= 15 is 0 Å². The molecule has 3 aromatic carbocycles. The molecule has 1 atom stereocenters. The SMILES string of the molecule is CCC(C)Cc1nc(-c2ccc(OCc3ccc(Br)cc3)cc2)cn1-c1ccc(OCCCN(CC)CC)cc1. The van der Waals surface area contributed by atoms with Gasteiger partial charge in [0.1, 0.15) is 23.9 Å². The molecule has 1 aromatic heterocycles. The van der Waals surface area contributed by atoms with Crippen molar-refractivity contribution in [1.82, 2.24) is 14.5 Å². The van der Waals surface area contributed by atoms with Crippen molar-refractivity contribution in [2.24, 2.45) is 5.92 Å². The Labute approximate surface area is 248 Å². The monoisotopic (exact) mass is 603 g/mol. The Balaban J connectivity index is 1.44. The zero-order valence-corrected chi connectivity index (χ0v) is 25.9. The van der Waals surface area contributed by atoms with Gasteiger partial charge in [0.2, 0.25) is 0 Å². The van der Waals surface area contributed by atoms with Crippen molar-refractivity contribution < 1.29 is 9.47 Å². The summed E-state index contributed by atoms with van der Waals surface area (Å²) in [6, 6.07) is 24.8. The molecule has 0 aliphatic rings. The highest BCUT2D eigenvalue weighted by atomic mass is 79.9. The maximum atomic E-state index is 6.02. The number of aromatic nitrogens is 2. The third-order valence-electron chi connectivity index (χ3n) is 7.37. The van der Waals surface area contributed by atoms with Crippen LogP contribution in [0.2, 0.25) is 0 Å². The molecule has 1 unspecified atom stereocenters. The Morgan fingerprint density at radius 1 is 0.850 bits per heavy atom.